The number of aryl methyl sites for hydroxylation is 3. The van der Waals surface area contributed by atoms with E-state index in [4.69, 9.17) is 0 Å². The Morgan fingerprint density at radius 2 is 1.62 bits per heavy atom. The minimum Gasteiger partial charge on any atom is -0.504 e. The lowest BCUT2D eigenvalue weighted by molar-refractivity contribution is -0.119. The molecule has 0 saturated carbocycles. The molecule has 3 nitrogen and oxygen atoms in total. The number of ketones is 1. The highest BCUT2D eigenvalue weighted by Crippen LogP contribution is 2.25. The van der Waals surface area contributed by atoms with Crippen molar-refractivity contribution in [3.63, 3.8) is 0 Å². The van der Waals surface area contributed by atoms with Crippen LogP contribution in [0.3, 0.4) is 0 Å². The van der Waals surface area contributed by atoms with Crippen molar-refractivity contribution >= 4 is 5.78 Å². The molecule has 0 aliphatic heterocycles. The standard InChI is InChI=1S/C21H26O3/c1-15-3-6-17(7-4-15)8-5-16(2)13-19(22)11-9-18-10-12-20(23)21(24)14-18/h3-4,6-7,10,12,14,16,23-24H,5,8-9,11,13H2,1-2H3/t16-/m0/s1. The minimum absolute atomic E-state index is 0.130. The van der Waals surface area contributed by atoms with Gasteiger partial charge in [0, 0.05) is 12.8 Å². The average molecular weight is 326 g/mol. The first-order valence-electron chi connectivity index (χ1n) is 8.52. The van der Waals surface area contributed by atoms with Gasteiger partial charge in [0.2, 0.25) is 0 Å². The van der Waals surface area contributed by atoms with Crippen LogP contribution < -0.4 is 0 Å². The maximum atomic E-state index is 12.1. The van der Waals surface area contributed by atoms with E-state index in [0.717, 1.165) is 18.4 Å². The van der Waals surface area contributed by atoms with Gasteiger partial charge in [-0.25, -0.2) is 0 Å². The second kappa shape index (κ2) is 8.53. The number of hydrogen-bond donors (Lipinski definition) is 2. The number of carbonyl (C=O) groups is 1. The topological polar surface area (TPSA) is 57.5 Å². The van der Waals surface area contributed by atoms with E-state index >= 15 is 0 Å². The number of hydrogen-bond acceptors (Lipinski definition) is 3. The molecule has 0 aliphatic rings. The van der Waals surface area contributed by atoms with E-state index < -0.39 is 0 Å². The molecule has 128 valence electrons. The van der Waals surface area contributed by atoms with Gasteiger partial charge in [-0.2, -0.15) is 0 Å². The Kier molecular flexibility index (Phi) is 6.42. The number of carbonyl (C=O) groups excluding carboxylic acids is 1. The third-order valence-corrected chi connectivity index (χ3v) is 4.35. The molecule has 0 amide bonds. The van der Waals surface area contributed by atoms with Crippen molar-refractivity contribution in [1.82, 2.24) is 0 Å². The molecule has 0 bridgehead atoms. The first-order chi connectivity index (χ1) is 11.4. The van der Waals surface area contributed by atoms with Gasteiger partial charge in [0.25, 0.3) is 0 Å². The largest absolute Gasteiger partial charge is 0.504 e. The maximum Gasteiger partial charge on any atom is 0.157 e. The van der Waals surface area contributed by atoms with E-state index in [1.807, 2.05) is 0 Å². The van der Waals surface area contributed by atoms with Gasteiger partial charge in [-0.3, -0.25) is 4.79 Å². The summed E-state index contributed by atoms with van der Waals surface area (Å²) in [5.41, 5.74) is 3.45. The van der Waals surface area contributed by atoms with Gasteiger partial charge in [-0.15, -0.1) is 0 Å². The summed E-state index contributed by atoms with van der Waals surface area (Å²) in [6, 6.07) is 13.3. The van der Waals surface area contributed by atoms with Crippen molar-refractivity contribution in [3.05, 3.63) is 59.2 Å². The van der Waals surface area contributed by atoms with Gasteiger partial charge < -0.3 is 10.2 Å². The molecule has 2 aromatic rings. The lowest BCUT2D eigenvalue weighted by Crippen LogP contribution is -2.07. The number of benzene rings is 2. The van der Waals surface area contributed by atoms with Crippen LogP contribution in [0.15, 0.2) is 42.5 Å². The predicted octanol–water partition coefficient (Wildman–Crippen LogP) is 4.57. The third-order valence-electron chi connectivity index (χ3n) is 4.35. The van der Waals surface area contributed by atoms with Crippen LogP contribution in [0.5, 0.6) is 11.5 Å². The Bertz CT molecular complexity index is 674. The highest BCUT2D eigenvalue weighted by molar-refractivity contribution is 5.78. The van der Waals surface area contributed by atoms with Crippen molar-refractivity contribution in [2.75, 3.05) is 0 Å². The number of Topliss-reactive ketones (excluding diaryl/α,β-unsaturated/α-hetero) is 1. The van der Waals surface area contributed by atoms with Crippen LogP contribution in [0.2, 0.25) is 0 Å². The molecule has 2 rings (SSSR count). The molecule has 24 heavy (non-hydrogen) atoms. The molecule has 3 heteroatoms. The fraction of sp³-hybridized carbons (Fsp3) is 0.381. The monoisotopic (exact) mass is 326 g/mol. The Morgan fingerprint density at radius 3 is 2.29 bits per heavy atom. The lowest BCUT2D eigenvalue weighted by atomic mass is 9.94. The Balaban J connectivity index is 1.72. The van der Waals surface area contributed by atoms with E-state index in [1.54, 1.807) is 6.07 Å². The first-order valence-corrected chi connectivity index (χ1v) is 8.52. The SMILES string of the molecule is Cc1ccc(CC[C@H](C)CC(=O)CCc2ccc(O)c(O)c2)cc1. The number of phenols is 2. The summed E-state index contributed by atoms with van der Waals surface area (Å²) < 4.78 is 0. The van der Waals surface area contributed by atoms with Crippen molar-refractivity contribution in [3.8, 4) is 11.5 Å². The van der Waals surface area contributed by atoms with E-state index in [9.17, 15) is 15.0 Å². The molecule has 0 radical (unpaired) electrons. The van der Waals surface area contributed by atoms with Crippen LogP contribution >= 0.6 is 0 Å². The zero-order chi connectivity index (χ0) is 17.5. The molecule has 0 aromatic heterocycles. The van der Waals surface area contributed by atoms with Crippen LogP contribution in [-0.2, 0) is 17.6 Å². The lowest BCUT2D eigenvalue weighted by Gasteiger charge is -2.11. The zero-order valence-corrected chi connectivity index (χ0v) is 14.5. The van der Waals surface area contributed by atoms with E-state index in [2.05, 4.69) is 38.1 Å². The van der Waals surface area contributed by atoms with Crippen LogP contribution in [-0.4, -0.2) is 16.0 Å². The van der Waals surface area contributed by atoms with E-state index in [-0.39, 0.29) is 17.3 Å². The molecule has 0 unspecified atom stereocenters. The van der Waals surface area contributed by atoms with Crippen LogP contribution in [0.1, 0.15) is 42.9 Å². The predicted molar refractivity (Wildman–Crippen MR) is 96.4 cm³/mol. The summed E-state index contributed by atoms with van der Waals surface area (Å²) in [6.07, 6.45) is 3.67. The van der Waals surface area contributed by atoms with Crippen LogP contribution in [0, 0.1) is 12.8 Å². The summed E-state index contributed by atoms with van der Waals surface area (Å²) in [5, 5.41) is 18.8. The van der Waals surface area contributed by atoms with Crippen LogP contribution in [0.4, 0.5) is 0 Å². The second-order valence-corrected chi connectivity index (χ2v) is 6.70. The fourth-order valence-corrected chi connectivity index (χ4v) is 2.77. The van der Waals surface area contributed by atoms with Crippen molar-refractivity contribution in [2.45, 2.75) is 46.0 Å². The maximum absolute atomic E-state index is 12.1. The molecule has 1 atom stereocenters. The summed E-state index contributed by atoms with van der Waals surface area (Å²) in [7, 11) is 0. The van der Waals surface area contributed by atoms with Crippen LogP contribution in [0.25, 0.3) is 0 Å². The fourth-order valence-electron chi connectivity index (χ4n) is 2.77. The molecule has 0 spiro atoms. The Hall–Kier alpha value is -2.29. The molecule has 2 aromatic carbocycles. The minimum atomic E-state index is -0.133. The average Bonchev–Trinajstić information content (AvgIpc) is 2.55. The van der Waals surface area contributed by atoms with E-state index in [1.165, 1.54) is 23.3 Å². The number of rotatable bonds is 8. The summed E-state index contributed by atoms with van der Waals surface area (Å²) >= 11 is 0. The Morgan fingerprint density at radius 1 is 0.958 bits per heavy atom. The Labute approximate surface area is 144 Å². The molecule has 2 N–H and O–H groups in total. The molecule has 0 saturated heterocycles. The van der Waals surface area contributed by atoms with Gasteiger partial charge in [0.15, 0.2) is 11.5 Å². The van der Waals surface area contributed by atoms with Crippen molar-refractivity contribution in [1.29, 1.82) is 0 Å². The highest BCUT2D eigenvalue weighted by Gasteiger charge is 2.10. The molecule has 0 aliphatic carbocycles. The quantitative estimate of drug-likeness (QED) is 0.699. The normalized spacial score (nSPS) is 12.1. The van der Waals surface area contributed by atoms with Gasteiger partial charge in [0.05, 0.1) is 0 Å². The number of phenolic OH excluding ortho intramolecular Hbond substituents is 2. The summed E-state index contributed by atoms with van der Waals surface area (Å²) in [4.78, 5) is 12.1. The second-order valence-electron chi connectivity index (χ2n) is 6.70. The molecular formula is C21H26O3. The summed E-state index contributed by atoms with van der Waals surface area (Å²) in [6.45, 7) is 4.21. The van der Waals surface area contributed by atoms with Gasteiger partial charge >= 0.3 is 0 Å². The number of aromatic hydroxyl groups is 2. The highest BCUT2D eigenvalue weighted by atomic mass is 16.3. The van der Waals surface area contributed by atoms with Crippen molar-refractivity contribution in [2.24, 2.45) is 5.92 Å². The van der Waals surface area contributed by atoms with Gasteiger partial charge in [0.1, 0.15) is 5.78 Å². The van der Waals surface area contributed by atoms with Gasteiger partial charge in [-0.1, -0.05) is 42.8 Å². The smallest absolute Gasteiger partial charge is 0.157 e. The first kappa shape index (κ1) is 18.1. The van der Waals surface area contributed by atoms with E-state index in [0.29, 0.717) is 25.2 Å². The third kappa shape index (κ3) is 5.73. The summed E-state index contributed by atoms with van der Waals surface area (Å²) in [5.74, 6) is 0.354. The molecule has 0 heterocycles. The molecule has 0 fully saturated rings. The van der Waals surface area contributed by atoms with Gasteiger partial charge in [-0.05, 0) is 55.4 Å². The zero-order valence-electron chi connectivity index (χ0n) is 14.5. The molecular weight excluding hydrogens is 300 g/mol. The van der Waals surface area contributed by atoms with Crippen molar-refractivity contribution < 1.29 is 15.0 Å².